The van der Waals surface area contributed by atoms with E-state index in [9.17, 15) is 14.7 Å². The van der Waals surface area contributed by atoms with E-state index in [1.54, 1.807) is 0 Å². The van der Waals surface area contributed by atoms with Crippen molar-refractivity contribution in [3.05, 3.63) is 46.7 Å². The molecule has 1 aliphatic heterocycles. The molecule has 0 spiro atoms. The third kappa shape index (κ3) is 2.76. The Morgan fingerprint density at radius 2 is 1.86 bits per heavy atom. The van der Waals surface area contributed by atoms with Gasteiger partial charge in [0.15, 0.2) is 11.5 Å². The Morgan fingerprint density at radius 1 is 1.27 bits per heavy atom. The molecule has 2 rings (SSSR count). The summed E-state index contributed by atoms with van der Waals surface area (Å²) in [4.78, 5) is 25.3. The third-order valence-corrected chi connectivity index (χ3v) is 3.94. The summed E-state index contributed by atoms with van der Waals surface area (Å²) in [6.07, 6.45) is 0. The number of hydrogen-bond acceptors (Lipinski definition) is 4. The summed E-state index contributed by atoms with van der Waals surface area (Å²) in [5.74, 6) is -1.09. The first-order valence-electron chi connectivity index (χ1n) is 7.34. The van der Waals surface area contributed by atoms with Crippen molar-refractivity contribution >= 4 is 11.7 Å². The molecule has 118 valence electrons. The van der Waals surface area contributed by atoms with E-state index in [0.717, 1.165) is 11.1 Å². The molecular weight excluding hydrogens is 282 g/mol. The molecule has 0 aromatic heterocycles. The topological polar surface area (TPSA) is 77.8 Å². The van der Waals surface area contributed by atoms with Crippen LogP contribution in [0.1, 0.15) is 43.9 Å². The zero-order chi connectivity index (χ0) is 16.4. The average molecular weight is 303 g/mol. The first-order chi connectivity index (χ1) is 10.4. The lowest BCUT2D eigenvalue weighted by atomic mass is 9.94. The molecule has 1 aromatic rings. The van der Waals surface area contributed by atoms with Gasteiger partial charge in [0.2, 0.25) is 0 Å². The smallest absolute Gasteiger partial charge is 0.290 e. The number of aliphatic hydroxyl groups excluding tert-OH is 2. The minimum atomic E-state index is -0.640. The highest BCUT2D eigenvalue weighted by Crippen LogP contribution is 2.37. The minimum Gasteiger partial charge on any atom is -0.503 e. The fraction of sp³-hybridized carbons (Fsp3) is 0.412. The molecule has 1 aromatic carbocycles. The molecule has 0 unspecified atom stereocenters. The second kappa shape index (κ2) is 6.32. The van der Waals surface area contributed by atoms with Crippen LogP contribution in [-0.2, 0) is 9.59 Å². The van der Waals surface area contributed by atoms with Crippen molar-refractivity contribution in [2.24, 2.45) is 0 Å². The molecule has 5 heteroatoms. The fourth-order valence-corrected chi connectivity index (χ4v) is 2.76. The van der Waals surface area contributed by atoms with Crippen molar-refractivity contribution in [2.75, 3.05) is 13.2 Å². The van der Waals surface area contributed by atoms with Crippen LogP contribution in [0, 0.1) is 0 Å². The first kappa shape index (κ1) is 16.2. The predicted molar refractivity (Wildman–Crippen MR) is 82.4 cm³/mol. The molecule has 0 saturated heterocycles. The van der Waals surface area contributed by atoms with E-state index in [-0.39, 0.29) is 24.5 Å². The number of ketones is 1. The van der Waals surface area contributed by atoms with Gasteiger partial charge in [0, 0.05) is 6.54 Å². The largest absolute Gasteiger partial charge is 0.503 e. The molecule has 5 nitrogen and oxygen atoms in total. The number of hydrogen-bond donors (Lipinski definition) is 2. The van der Waals surface area contributed by atoms with E-state index in [2.05, 4.69) is 13.8 Å². The molecule has 0 bridgehead atoms. The molecule has 22 heavy (non-hydrogen) atoms. The fourth-order valence-electron chi connectivity index (χ4n) is 2.76. The summed E-state index contributed by atoms with van der Waals surface area (Å²) in [5, 5.41) is 19.1. The zero-order valence-electron chi connectivity index (χ0n) is 13.0. The number of nitrogens with zero attached hydrogens (tertiary/aromatic N) is 1. The standard InChI is InChI=1S/C17H21NO4/c1-10(2)12-4-6-13(7-5-12)15-14(11(3)20)16(21)17(22)18(15)8-9-19/h4-7,10,15,19,21H,8-9H2,1-3H3/t15-/m0/s1. The van der Waals surface area contributed by atoms with Gasteiger partial charge in [0.05, 0.1) is 18.2 Å². The van der Waals surface area contributed by atoms with Crippen LogP contribution in [0.4, 0.5) is 0 Å². The maximum atomic E-state index is 12.1. The lowest BCUT2D eigenvalue weighted by Gasteiger charge is -2.26. The van der Waals surface area contributed by atoms with Gasteiger partial charge in [0.1, 0.15) is 0 Å². The van der Waals surface area contributed by atoms with Gasteiger partial charge in [-0.25, -0.2) is 0 Å². The van der Waals surface area contributed by atoms with Gasteiger partial charge < -0.3 is 15.1 Å². The van der Waals surface area contributed by atoms with Gasteiger partial charge in [-0.3, -0.25) is 9.59 Å². The number of benzene rings is 1. The van der Waals surface area contributed by atoms with E-state index >= 15 is 0 Å². The normalized spacial score (nSPS) is 18.5. The summed E-state index contributed by atoms with van der Waals surface area (Å²) in [6, 6.07) is 6.99. The van der Waals surface area contributed by atoms with Crippen LogP contribution < -0.4 is 0 Å². The maximum absolute atomic E-state index is 12.1. The van der Waals surface area contributed by atoms with Gasteiger partial charge in [-0.2, -0.15) is 0 Å². The van der Waals surface area contributed by atoms with Crippen molar-refractivity contribution in [1.82, 2.24) is 4.90 Å². The monoisotopic (exact) mass is 303 g/mol. The SMILES string of the molecule is CC(=O)C1=C(O)C(=O)N(CCO)[C@H]1c1ccc(C(C)C)cc1. The second-order valence-electron chi connectivity index (χ2n) is 5.76. The highest BCUT2D eigenvalue weighted by atomic mass is 16.3. The Morgan fingerprint density at radius 3 is 2.32 bits per heavy atom. The average Bonchev–Trinajstić information content (AvgIpc) is 2.72. The molecule has 1 heterocycles. The number of carbonyl (C=O) groups excluding carboxylic acids is 2. The van der Waals surface area contributed by atoms with Crippen LogP contribution in [0.15, 0.2) is 35.6 Å². The molecule has 0 fully saturated rings. The lowest BCUT2D eigenvalue weighted by molar-refractivity contribution is -0.129. The van der Waals surface area contributed by atoms with Crippen molar-refractivity contribution in [2.45, 2.75) is 32.7 Å². The Labute approximate surface area is 129 Å². The van der Waals surface area contributed by atoms with Crippen molar-refractivity contribution in [3.63, 3.8) is 0 Å². The number of rotatable bonds is 5. The molecule has 0 saturated carbocycles. The van der Waals surface area contributed by atoms with Crippen molar-refractivity contribution in [3.8, 4) is 0 Å². The van der Waals surface area contributed by atoms with Crippen LogP contribution in [0.3, 0.4) is 0 Å². The Hall–Kier alpha value is -2.14. The maximum Gasteiger partial charge on any atom is 0.290 e. The molecule has 1 aliphatic rings. The number of aliphatic hydroxyl groups is 2. The molecular formula is C17H21NO4. The second-order valence-corrected chi connectivity index (χ2v) is 5.76. The number of amides is 1. The van der Waals surface area contributed by atoms with E-state index in [4.69, 9.17) is 5.11 Å². The van der Waals surface area contributed by atoms with Crippen LogP contribution in [0.2, 0.25) is 0 Å². The van der Waals surface area contributed by atoms with E-state index < -0.39 is 17.7 Å². The third-order valence-electron chi connectivity index (χ3n) is 3.94. The van der Waals surface area contributed by atoms with Crippen LogP contribution >= 0.6 is 0 Å². The number of β-amino-alcohol motifs (C(OH)–C–C–N with tert-alkyl or cyclic N) is 1. The highest BCUT2D eigenvalue weighted by Gasteiger charge is 2.41. The highest BCUT2D eigenvalue weighted by molar-refractivity contribution is 6.08. The minimum absolute atomic E-state index is 0.0657. The molecule has 2 N–H and O–H groups in total. The Balaban J connectivity index is 2.47. The lowest BCUT2D eigenvalue weighted by Crippen LogP contribution is -2.33. The van der Waals surface area contributed by atoms with Gasteiger partial charge in [0.25, 0.3) is 5.91 Å². The number of carbonyl (C=O) groups is 2. The quantitative estimate of drug-likeness (QED) is 0.873. The molecule has 0 radical (unpaired) electrons. The van der Waals surface area contributed by atoms with Gasteiger partial charge in [-0.15, -0.1) is 0 Å². The van der Waals surface area contributed by atoms with E-state index in [1.807, 2.05) is 24.3 Å². The summed E-state index contributed by atoms with van der Waals surface area (Å²) < 4.78 is 0. The van der Waals surface area contributed by atoms with Crippen LogP contribution in [0.25, 0.3) is 0 Å². The van der Waals surface area contributed by atoms with Gasteiger partial charge in [-0.1, -0.05) is 38.1 Å². The van der Waals surface area contributed by atoms with Crippen molar-refractivity contribution < 1.29 is 19.8 Å². The summed E-state index contributed by atoms with van der Waals surface area (Å²) >= 11 is 0. The van der Waals surface area contributed by atoms with Crippen molar-refractivity contribution in [1.29, 1.82) is 0 Å². The zero-order valence-corrected chi connectivity index (χ0v) is 13.0. The van der Waals surface area contributed by atoms with Crippen LogP contribution in [0.5, 0.6) is 0 Å². The molecule has 1 amide bonds. The molecule has 1 atom stereocenters. The van der Waals surface area contributed by atoms with E-state index in [0.29, 0.717) is 5.92 Å². The van der Waals surface area contributed by atoms with Gasteiger partial charge in [-0.05, 0) is 24.0 Å². The van der Waals surface area contributed by atoms with E-state index in [1.165, 1.54) is 11.8 Å². The summed E-state index contributed by atoms with van der Waals surface area (Å²) in [5.41, 5.74) is 2.00. The van der Waals surface area contributed by atoms with Gasteiger partial charge >= 0.3 is 0 Å². The Kier molecular flexibility index (Phi) is 4.66. The predicted octanol–water partition coefficient (Wildman–Crippen LogP) is 2.09. The number of Topliss-reactive ketones (excluding diaryl/α,β-unsaturated/α-hetero) is 1. The first-order valence-corrected chi connectivity index (χ1v) is 7.34. The summed E-state index contributed by atoms with van der Waals surface area (Å²) in [6.45, 7) is 5.33. The van der Waals surface area contributed by atoms with Crippen LogP contribution in [-0.4, -0.2) is 40.0 Å². The molecule has 0 aliphatic carbocycles. The Bertz CT molecular complexity index is 616. The summed E-state index contributed by atoms with van der Waals surface area (Å²) in [7, 11) is 0.